The molecule has 0 saturated carbocycles. The van der Waals surface area contributed by atoms with Crippen LogP contribution in [0.5, 0.6) is 0 Å². The second-order valence-electron chi connectivity index (χ2n) is 1.49. The topological polar surface area (TPSA) is 0 Å². The van der Waals surface area contributed by atoms with Crippen LogP contribution >= 0.6 is 11.6 Å². The summed E-state index contributed by atoms with van der Waals surface area (Å²) in [5, 5.41) is 0.773. The summed E-state index contributed by atoms with van der Waals surface area (Å²) < 4.78 is 0. The maximum Gasteiger partial charge on any atom is 0.108 e. The smallest absolute Gasteiger partial charge is 0.0670 e. The van der Waals surface area contributed by atoms with Gasteiger partial charge >= 0.3 is 0 Å². The van der Waals surface area contributed by atoms with Crippen LogP contribution in [-0.2, 0) is 0 Å². The molecule has 0 spiro atoms. The van der Waals surface area contributed by atoms with Crippen LogP contribution in [-0.4, -0.2) is 0 Å². The lowest BCUT2D eigenvalue weighted by atomic mass is 10.5. The SMILES string of the molecule is Clc1ccc[cH+]cc1. The Labute approximate surface area is 53.7 Å². The molecule has 0 aliphatic heterocycles. The molecule has 0 unspecified atom stereocenters. The number of hydrogen-bond acceptors (Lipinski definition) is 0. The molecule has 1 aromatic carbocycles. The van der Waals surface area contributed by atoms with E-state index in [0.29, 0.717) is 0 Å². The van der Waals surface area contributed by atoms with E-state index in [1.165, 1.54) is 0 Å². The third kappa shape index (κ3) is 1.47. The zero-order chi connectivity index (χ0) is 5.82. The Balaban J connectivity index is 3.12. The van der Waals surface area contributed by atoms with E-state index in [-0.39, 0.29) is 0 Å². The Kier molecular flexibility index (Phi) is 1.81. The molecular weight excluding hydrogens is 120 g/mol. The maximum absolute atomic E-state index is 5.62. The number of rotatable bonds is 0. The predicted octanol–water partition coefficient (Wildman–Crippen LogP) is 2.62. The summed E-state index contributed by atoms with van der Waals surface area (Å²) in [6.45, 7) is 0. The number of hydrogen-bond donors (Lipinski definition) is 0. The summed E-state index contributed by atoms with van der Waals surface area (Å²) in [4.78, 5) is 0. The molecule has 8 heavy (non-hydrogen) atoms. The molecule has 0 aliphatic rings. The highest BCUT2D eigenvalue weighted by Gasteiger charge is 1.81. The molecule has 0 N–H and O–H groups in total. The van der Waals surface area contributed by atoms with Crippen LogP contribution < -0.4 is 0 Å². The zero-order valence-corrected chi connectivity index (χ0v) is 5.10. The first-order valence-electron chi connectivity index (χ1n) is 2.43. The first-order valence-corrected chi connectivity index (χ1v) is 2.81. The van der Waals surface area contributed by atoms with Gasteiger partial charge in [-0.2, -0.15) is 0 Å². The Hall–Kier alpha value is -0.620. The summed E-state index contributed by atoms with van der Waals surface area (Å²) in [5.41, 5.74) is 0. The van der Waals surface area contributed by atoms with Crippen molar-refractivity contribution in [3.05, 3.63) is 41.4 Å². The van der Waals surface area contributed by atoms with Crippen molar-refractivity contribution < 1.29 is 0 Å². The van der Waals surface area contributed by atoms with E-state index in [1.807, 2.05) is 36.4 Å². The fraction of sp³-hybridized carbons (Fsp3) is 0. The molecule has 0 aromatic heterocycles. The molecule has 0 heterocycles. The van der Waals surface area contributed by atoms with E-state index >= 15 is 0 Å². The van der Waals surface area contributed by atoms with Crippen molar-refractivity contribution in [2.75, 3.05) is 0 Å². The van der Waals surface area contributed by atoms with E-state index in [4.69, 9.17) is 11.6 Å². The molecule has 1 aromatic rings. The first-order chi connectivity index (χ1) is 3.89. The summed E-state index contributed by atoms with van der Waals surface area (Å²) in [7, 11) is 0. The molecule has 0 bridgehead atoms. The molecule has 0 fully saturated rings. The molecule has 0 nitrogen and oxygen atoms in total. The highest BCUT2D eigenvalue weighted by atomic mass is 35.5. The molecule has 0 radical (unpaired) electrons. The van der Waals surface area contributed by atoms with Crippen LogP contribution in [0.25, 0.3) is 0 Å². The second kappa shape index (κ2) is 2.63. The average molecular weight is 126 g/mol. The Bertz CT molecular complexity index is 158. The summed E-state index contributed by atoms with van der Waals surface area (Å²) >= 11 is 5.62. The third-order valence-electron chi connectivity index (χ3n) is 0.844. The van der Waals surface area contributed by atoms with Crippen LogP contribution in [0.2, 0.25) is 5.02 Å². The van der Waals surface area contributed by atoms with Gasteiger partial charge in [0.15, 0.2) is 0 Å². The van der Waals surface area contributed by atoms with E-state index in [2.05, 4.69) is 0 Å². The van der Waals surface area contributed by atoms with Gasteiger partial charge in [-0.05, 0) is 0 Å². The van der Waals surface area contributed by atoms with Crippen molar-refractivity contribution in [1.29, 1.82) is 0 Å². The third-order valence-corrected chi connectivity index (χ3v) is 1.10. The second-order valence-corrected chi connectivity index (χ2v) is 1.92. The van der Waals surface area contributed by atoms with E-state index in [0.717, 1.165) is 5.02 Å². The van der Waals surface area contributed by atoms with Gasteiger partial charge in [0, 0.05) is 36.4 Å². The summed E-state index contributed by atoms with van der Waals surface area (Å²) in [6.07, 6.45) is 0. The van der Waals surface area contributed by atoms with E-state index in [1.54, 1.807) is 0 Å². The molecule has 40 valence electrons. The average Bonchev–Trinajstić information content (AvgIpc) is 1.94. The highest BCUT2D eigenvalue weighted by molar-refractivity contribution is 6.30. The van der Waals surface area contributed by atoms with Gasteiger partial charge in [0.2, 0.25) is 0 Å². The van der Waals surface area contributed by atoms with Gasteiger partial charge in [-0.1, -0.05) is 11.6 Å². The van der Waals surface area contributed by atoms with Crippen LogP contribution in [0.4, 0.5) is 0 Å². The van der Waals surface area contributed by atoms with Crippen LogP contribution in [0.1, 0.15) is 0 Å². The lowest BCUT2D eigenvalue weighted by Crippen LogP contribution is -1.44. The Morgan fingerprint density at radius 1 is 1.25 bits per heavy atom. The predicted molar refractivity (Wildman–Crippen MR) is 35.9 cm³/mol. The van der Waals surface area contributed by atoms with E-state index in [9.17, 15) is 0 Å². The Morgan fingerprint density at radius 3 is 3.00 bits per heavy atom. The van der Waals surface area contributed by atoms with Crippen molar-refractivity contribution in [3.63, 3.8) is 0 Å². The van der Waals surface area contributed by atoms with Gasteiger partial charge in [-0.25, -0.2) is 0 Å². The van der Waals surface area contributed by atoms with Crippen molar-refractivity contribution in [3.8, 4) is 0 Å². The monoisotopic (exact) mass is 125 g/mol. The van der Waals surface area contributed by atoms with Crippen molar-refractivity contribution in [1.82, 2.24) is 0 Å². The largest absolute Gasteiger partial charge is 0.108 e. The minimum atomic E-state index is 0.773. The van der Waals surface area contributed by atoms with Gasteiger partial charge in [-0.15, -0.1) is 0 Å². The number of halogens is 1. The van der Waals surface area contributed by atoms with Gasteiger partial charge in [-0.3, -0.25) is 0 Å². The van der Waals surface area contributed by atoms with Gasteiger partial charge < -0.3 is 0 Å². The normalized spacial score (nSPS) is 8.62. The minimum absolute atomic E-state index is 0.773. The van der Waals surface area contributed by atoms with Crippen molar-refractivity contribution in [2.24, 2.45) is 0 Å². The fourth-order valence-electron chi connectivity index (χ4n) is 0.479. The van der Waals surface area contributed by atoms with Crippen LogP contribution in [0, 0.1) is 0 Å². The molecule has 0 amide bonds. The molecule has 0 atom stereocenters. The zero-order valence-electron chi connectivity index (χ0n) is 4.34. The summed E-state index contributed by atoms with van der Waals surface area (Å²) in [5.74, 6) is 0. The lowest BCUT2D eigenvalue weighted by Gasteiger charge is -1.64. The standard InChI is InChI=1S/C7H6Cl/c8-7-5-3-1-2-4-6-7/h1-6H/q+1. The first kappa shape index (κ1) is 5.52. The lowest BCUT2D eigenvalue weighted by molar-refractivity contribution is 1.87. The Morgan fingerprint density at radius 2 is 2.12 bits per heavy atom. The van der Waals surface area contributed by atoms with Gasteiger partial charge in [0.05, 0.1) is 0 Å². The molecule has 1 heteroatoms. The van der Waals surface area contributed by atoms with Crippen LogP contribution in [0.15, 0.2) is 36.4 Å². The summed E-state index contributed by atoms with van der Waals surface area (Å²) in [6, 6.07) is 11.4. The quantitative estimate of drug-likeness (QED) is 0.468. The van der Waals surface area contributed by atoms with Gasteiger partial charge in [0.25, 0.3) is 0 Å². The molecule has 1 rings (SSSR count). The maximum atomic E-state index is 5.62. The molecular formula is C7H6Cl+. The minimum Gasteiger partial charge on any atom is -0.0670 e. The molecule has 0 aliphatic carbocycles. The highest BCUT2D eigenvalue weighted by Crippen LogP contribution is 2.02. The van der Waals surface area contributed by atoms with Crippen molar-refractivity contribution >= 4 is 11.6 Å². The van der Waals surface area contributed by atoms with Gasteiger partial charge in [0.1, 0.15) is 5.02 Å². The fourth-order valence-corrected chi connectivity index (χ4v) is 0.624. The van der Waals surface area contributed by atoms with E-state index < -0.39 is 0 Å². The van der Waals surface area contributed by atoms with Crippen molar-refractivity contribution in [2.45, 2.75) is 0 Å². The molecule has 0 saturated heterocycles. The van der Waals surface area contributed by atoms with Crippen LogP contribution in [0.3, 0.4) is 0 Å².